The molecule has 0 aliphatic heterocycles. The summed E-state index contributed by atoms with van der Waals surface area (Å²) in [5.74, 6) is -0.669. The van der Waals surface area contributed by atoms with Crippen molar-refractivity contribution in [2.24, 2.45) is 0 Å². The van der Waals surface area contributed by atoms with Crippen molar-refractivity contribution in [2.45, 2.75) is 13.3 Å². The lowest BCUT2D eigenvalue weighted by atomic mass is 10.3. The first-order valence-corrected chi connectivity index (χ1v) is 4.90. The zero-order valence-corrected chi connectivity index (χ0v) is 9.65. The van der Waals surface area contributed by atoms with Gasteiger partial charge in [-0.15, -0.1) is 13.2 Å². The highest BCUT2D eigenvalue weighted by molar-refractivity contribution is 9.10. The number of carbonyl (C=O) groups excluding carboxylic acids is 1. The molecule has 1 amide bonds. The molecular weight excluding hydrogens is 291 g/mol. The summed E-state index contributed by atoms with van der Waals surface area (Å²) in [6.45, 7) is 1.30. The SMILES string of the molecule is CC(=O)Nc1ccc(OC(F)(F)F)c(Br)c1. The van der Waals surface area contributed by atoms with E-state index in [1.807, 2.05) is 0 Å². The normalized spacial score (nSPS) is 11.1. The number of carbonyl (C=O) groups is 1. The van der Waals surface area contributed by atoms with Gasteiger partial charge in [0.15, 0.2) is 0 Å². The standard InChI is InChI=1S/C9H7BrF3NO2/c1-5(15)14-6-2-3-8(7(10)4-6)16-9(11,12)13/h2-4H,1H3,(H,14,15). The van der Waals surface area contributed by atoms with E-state index in [4.69, 9.17) is 0 Å². The highest BCUT2D eigenvalue weighted by Gasteiger charge is 2.31. The van der Waals surface area contributed by atoms with Gasteiger partial charge < -0.3 is 10.1 Å². The summed E-state index contributed by atoms with van der Waals surface area (Å²) in [6, 6.07) is 3.75. The second-order valence-corrected chi connectivity index (χ2v) is 3.73. The van der Waals surface area contributed by atoms with Crippen LogP contribution in [0.4, 0.5) is 18.9 Å². The third kappa shape index (κ3) is 4.09. The van der Waals surface area contributed by atoms with Gasteiger partial charge in [-0.25, -0.2) is 0 Å². The zero-order valence-electron chi connectivity index (χ0n) is 8.06. The van der Waals surface area contributed by atoms with Gasteiger partial charge in [-0.2, -0.15) is 0 Å². The Kier molecular flexibility index (Phi) is 3.79. The maximum absolute atomic E-state index is 11.9. The highest BCUT2D eigenvalue weighted by atomic mass is 79.9. The minimum Gasteiger partial charge on any atom is -0.405 e. The molecule has 16 heavy (non-hydrogen) atoms. The lowest BCUT2D eigenvalue weighted by Crippen LogP contribution is -2.17. The van der Waals surface area contributed by atoms with E-state index in [2.05, 4.69) is 26.0 Å². The summed E-state index contributed by atoms with van der Waals surface area (Å²) in [5.41, 5.74) is 0.383. The monoisotopic (exact) mass is 297 g/mol. The van der Waals surface area contributed by atoms with Crippen LogP contribution in [0.25, 0.3) is 0 Å². The van der Waals surface area contributed by atoms with Gasteiger partial charge in [0.1, 0.15) is 5.75 Å². The Bertz CT molecular complexity index is 406. The number of alkyl halides is 3. The molecule has 88 valence electrons. The van der Waals surface area contributed by atoms with Crippen LogP contribution in [0.2, 0.25) is 0 Å². The molecule has 0 radical (unpaired) electrons. The van der Waals surface area contributed by atoms with E-state index in [9.17, 15) is 18.0 Å². The molecule has 0 unspecified atom stereocenters. The summed E-state index contributed by atoms with van der Waals surface area (Å²) < 4.78 is 39.6. The first-order valence-electron chi connectivity index (χ1n) is 4.11. The number of hydrogen-bond donors (Lipinski definition) is 1. The number of benzene rings is 1. The number of anilines is 1. The molecule has 7 heteroatoms. The van der Waals surface area contributed by atoms with Gasteiger partial charge in [0.05, 0.1) is 4.47 Å². The molecule has 1 N–H and O–H groups in total. The van der Waals surface area contributed by atoms with Crippen molar-refractivity contribution < 1.29 is 22.7 Å². The topological polar surface area (TPSA) is 38.3 Å². The van der Waals surface area contributed by atoms with Crippen LogP contribution >= 0.6 is 15.9 Å². The molecule has 1 aromatic rings. The van der Waals surface area contributed by atoms with E-state index < -0.39 is 6.36 Å². The van der Waals surface area contributed by atoms with E-state index in [-0.39, 0.29) is 16.1 Å². The van der Waals surface area contributed by atoms with E-state index in [0.29, 0.717) is 5.69 Å². The second kappa shape index (κ2) is 4.73. The molecule has 0 heterocycles. The summed E-state index contributed by atoms with van der Waals surface area (Å²) in [5, 5.41) is 2.43. The largest absolute Gasteiger partial charge is 0.573 e. The van der Waals surface area contributed by atoms with Gasteiger partial charge in [-0.05, 0) is 34.1 Å². The average Bonchev–Trinajstić information content (AvgIpc) is 2.06. The van der Waals surface area contributed by atoms with Crippen molar-refractivity contribution >= 4 is 27.5 Å². The lowest BCUT2D eigenvalue weighted by molar-refractivity contribution is -0.274. The van der Waals surface area contributed by atoms with Gasteiger partial charge in [-0.1, -0.05) is 0 Å². The fourth-order valence-corrected chi connectivity index (χ4v) is 1.45. The van der Waals surface area contributed by atoms with Crippen molar-refractivity contribution in [3.8, 4) is 5.75 Å². The molecule has 3 nitrogen and oxygen atoms in total. The van der Waals surface area contributed by atoms with E-state index >= 15 is 0 Å². The van der Waals surface area contributed by atoms with Crippen molar-refractivity contribution in [3.05, 3.63) is 22.7 Å². The molecule has 0 saturated heterocycles. The number of ether oxygens (including phenoxy) is 1. The number of hydrogen-bond acceptors (Lipinski definition) is 2. The molecule has 0 bridgehead atoms. The Morgan fingerprint density at radius 3 is 2.50 bits per heavy atom. The molecule has 0 aliphatic carbocycles. The van der Waals surface area contributed by atoms with Crippen LogP contribution in [0.3, 0.4) is 0 Å². The molecule has 0 fully saturated rings. The van der Waals surface area contributed by atoms with Crippen LogP contribution in [0.15, 0.2) is 22.7 Å². The van der Waals surface area contributed by atoms with Crippen molar-refractivity contribution in [1.82, 2.24) is 0 Å². The van der Waals surface area contributed by atoms with Crippen LogP contribution in [0.1, 0.15) is 6.92 Å². The second-order valence-electron chi connectivity index (χ2n) is 2.87. The Hall–Kier alpha value is -1.24. The Labute approximate surface area is 97.7 Å². The summed E-state index contributed by atoms with van der Waals surface area (Å²) >= 11 is 2.91. The maximum atomic E-state index is 11.9. The molecule has 0 spiro atoms. The predicted octanol–water partition coefficient (Wildman–Crippen LogP) is 3.31. The summed E-state index contributed by atoms with van der Waals surface area (Å²) in [7, 11) is 0. The third-order valence-corrected chi connectivity index (χ3v) is 2.10. The Morgan fingerprint density at radius 2 is 2.06 bits per heavy atom. The predicted molar refractivity (Wildman–Crippen MR) is 55.1 cm³/mol. The van der Waals surface area contributed by atoms with Crippen molar-refractivity contribution in [1.29, 1.82) is 0 Å². The van der Waals surface area contributed by atoms with Crippen molar-refractivity contribution in [2.75, 3.05) is 5.32 Å². The van der Waals surface area contributed by atoms with Crippen LogP contribution < -0.4 is 10.1 Å². The maximum Gasteiger partial charge on any atom is 0.573 e. The third-order valence-electron chi connectivity index (χ3n) is 1.48. The number of rotatable bonds is 2. The molecular formula is C9H7BrF3NO2. The van der Waals surface area contributed by atoms with Gasteiger partial charge in [-0.3, -0.25) is 4.79 Å². The highest BCUT2D eigenvalue weighted by Crippen LogP contribution is 2.32. The van der Waals surface area contributed by atoms with Gasteiger partial charge >= 0.3 is 6.36 Å². The molecule has 0 aliphatic rings. The Balaban J connectivity index is 2.87. The van der Waals surface area contributed by atoms with Gasteiger partial charge in [0.25, 0.3) is 0 Å². The minimum absolute atomic E-state index is 0.107. The average molecular weight is 298 g/mol. The molecule has 1 rings (SSSR count). The summed E-state index contributed by atoms with van der Waals surface area (Å²) in [4.78, 5) is 10.7. The quantitative estimate of drug-likeness (QED) is 0.909. The van der Waals surface area contributed by atoms with Gasteiger partial charge in [0, 0.05) is 12.6 Å². The van der Waals surface area contributed by atoms with Crippen LogP contribution in [0, 0.1) is 0 Å². The van der Waals surface area contributed by atoms with Crippen LogP contribution in [0.5, 0.6) is 5.75 Å². The van der Waals surface area contributed by atoms with Crippen molar-refractivity contribution in [3.63, 3.8) is 0 Å². The minimum atomic E-state index is -4.74. The number of nitrogens with one attached hydrogen (secondary N) is 1. The van der Waals surface area contributed by atoms with Crippen LogP contribution in [-0.2, 0) is 4.79 Å². The Morgan fingerprint density at radius 1 is 1.44 bits per heavy atom. The lowest BCUT2D eigenvalue weighted by Gasteiger charge is -2.11. The first kappa shape index (κ1) is 12.8. The molecule has 0 atom stereocenters. The number of amides is 1. The zero-order chi connectivity index (χ0) is 12.3. The van der Waals surface area contributed by atoms with E-state index in [0.717, 1.165) is 6.07 Å². The fourth-order valence-electron chi connectivity index (χ4n) is 0.989. The molecule has 0 saturated carbocycles. The fraction of sp³-hybridized carbons (Fsp3) is 0.222. The van der Waals surface area contributed by atoms with E-state index in [1.165, 1.54) is 19.1 Å². The van der Waals surface area contributed by atoms with E-state index in [1.54, 1.807) is 0 Å². The number of halogens is 4. The van der Waals surface area contributed by atoms with Gasteiger partial charge in [0.2, 0.25) is 5.91 Å². The first-order chi connectivity index (χ1) is 7.28. The smallest absolute Gasteiger partial charge is 0.405 e. The summed E-state index contributed by atoms with van der Waals surface area (Å²) in [6.07, 6.45) is -4.74. The molecule has 0 aromatic heterocycles. The molecule has 1 aromatic carbocycles. The van der Waals surface area contributed by atoms with Crippen LogP contribution in [-0.4, -0.2) is 12.3 Å².